The van der Waals surface area contributed by atoms with Crippen molar-refractivity contribution in [3.63, 3.8) is 0 Å². The Hall–Kier alpha value is -1.69. The van der Waals surface area contributed by atoms with Gasteiger partial charge in [-0.25, -0.2) is 0 Å². The number of anilines is 1. The maximum atomic E-state index is 8.95. The first-order valence-corrected chi connectivity index (χ1v) is 6.60. The molecular formula is C15H12Cl2N2. The molecule has 0 saturated carbocycles. The molecule has 2 aromatic carbocycles. The summed E-state index contributed by atoms with van der Waals surface area (Å²) in [6, 6.07) is 17.2. The van der Waals surface area contributed by atoms with Gasteiger partial charge in [0.2, 0.25) is 0 Å². The molecule has 96 valence electrons. The van der Waals surface area contributed by atoms with Crippen LogP contribution in [0.2, 0.25) is 10.0 Å². The average molecular weight is 291 g/mol. The summed E-state index contributed by atoms with van der Waals surface area (Å²) in [4.78, 5) is 0. The van der Waals surface area contributed by atoms with Crippen LogP contribution >= 0.6 is 23.2 Å². The fourth-order valence-electron chi connectivity index (χ4n) is 1.82. The van der Waals surface area contributed by atoms with Crippen molar-refractivity contribution < 1.29 is 0 Å². The lowest BCUT2D eigenvalue weighted by Gasteiger charge is -2.18. The number of rotatable bonds is 4. The number of nitrogens with zero attached hydrogens (tertiary/aromatic N) is 1. The summed E-state index contributed by atoms with van der Waals surface area (Å²) >= 11 is 12.0. The van der Waals surface area contributed by atoms with Crippen LogP contribution in [0.15, 0.2) is 48.5 Å². The molecule has 0 aromatic heterocycles. The van der Waals surface area contributed by atoms with Crippen molar-refractivity contribution in [2.75, 3.05) is 5.32 Å². The molecular weight excluding hydrogens is 279 g/mol. The van der Waals surface area contributed by atoms with Crippen LogP contribution in [0, 0.1) is 11.3 Å². The second kappa shape index (κ2) is 6.47. The highest BCUT2D eigenvalue weighted by Gasteiger charge is 2.12. The van der Waals surface area contributed by atoms with Crippen LogP contribution < -0.4 is 5.32 Å². The molecule has 0 fully saturated rings. The van der Waals surface area contributed by atoms with Crippen molar-refractivity contribution in [1.29, 1.82) is 5.26 Å². The van der Waals surface area contributed by atoms with E-state index in [4.69, 9.17) is 28.5 Å². The van der Waals surface area contributed by atoms with Crippen LogP contribution in [0.3, 0.4) is 0 Å². The van der Waals surface area contributed by atoms with Crippen LogP contribution in [-0.2, 0) is 0 Å². The first-order valence-electron chi connectivity index (χ1n) is 5.84. The molecule has 0 radical (unpaired) electrons. The lowest BCUT2D eigenvalue weighted by Crippen LogP contribution is -2.10. The lowest BCUT2D eigenvalue weighted by molar-refractivity contribution is 0.806. The van der Waals surface area contributed by atoms with Crippen LogP contribution in [0.4, 0.5) is 5.69 Å². The topological polar surface area (TPSA) is 35.8 Å². The molecule has 1 unspecified atom stereocenters. The van der Waals surface area contributed by atoms with E-state index < -0.39 is 0 Å². The summed E-state index contributed by atoms with van der Waals surface area (Å²) in [6.07, 6.45) is 0.364. The molecule has 19 heavy (non-hydrogen) atoms. The van der Waals surface area contributed by atoms with E-state index in [1.807, 2.05) is 36.4 Å². The summed E-state index contributed by atoms with van der Waals surface area (Å²) in [6.45, 7) is 0. The molecule has 0 heterocycles. The Bertz CT molecular complexity index is 591. The third-order valence-electron chi connectivity index (χ3n) is 2.76. The molecule has 1 atom stereocenters. The minimum Gasteiger partial charge on any atom is -0.376 e. The zero-order chi connectivity index (χ0) is 13.7. The lowest BCUT2D eigenvalue weighted by atomic mass is 10.0. The number of hydrogen-bond acceptors (Lipinski definition) is 2. The van der Waals surface area contributed by atoms with Gasteiger partial charge >= 0.3 is 0 Å². The maximum absolute atomic E-state index is 8.95. The monoisotopic (exact) mass is 290 g/mol. The molecule has 0 aliphatic rings. The van der Waals surface area contributed by atoms with Gasteiger partial charge in [0.1, 0.15) is 0 Å². The van der Waals surface area contributed by atoms with Gasteiger partial charge in [-0.2, -0.15) is 5.26 Å². The molecule has 4 heteroatoms. The predicted octanol–water partition coefficient (Wildman–Crippen LogP) is 5.06. The van der Waals surface area contributed by atoms with E-state index in [0.29, 0.717) is 16.5 Å². The highest BCUT2D eigenvalue weighted by molar-refractivity contribution is 6.36. The van der Waals surface area contributed by atoms with E-state index in [1.165, 1.54) is 0 Å². The number of hydrogen-bond donors (Lipinski definition) is 1. The SMILES string of the molecule is N#CCC(Nc1ccc(Cl)cc1Cl)c1ccccc1. The van der Waals surface area contributed by atoms with Gasteiger partial charge in [-0.3, -0.25) is 0 Å². The van der Waals surface area contributed by atoms with Gasteiger partial charge in [0, 0.05) is 5.02 Å². The summed E-state index contributed by atoms with van der Waals surface area (Å²) < 4.78 is 0. The zero-order valence-corrected chi connectivity index (χ0v) is 11.6. The Kier molecular flexibility index (Phi) is 4.68. The van der Waals surface area contributed by atoms with Crippen molar-refractivity contribution in [3.8, 4) is 6.07 Å². The number of nitrogens with one attached hydrogen (secondary N) is 1. The van der Waals surface area contributed by atoms with Crippen molar-refractivity contribution in [3.05, 3.63) is 64.1 Å². The Morgan fingerprint density at radius 1 is 1.11 bits per heavy atom. The molecule has 0 aliphatic carbocycles. The summed E-state index contributed by atoms with van der Waals surface area (Å²) in [5.41, 5.74) is 1.82. The Labute approximate surface area is 122 Å². The summed E-state index contributed by atoms with van der Waals surface area (Å²) in [5, 5.41) is 13.4. The van der Waals surface area contributed by atoms with E-state index in [-0.39, 0.29) is 6.04 Å². The Morgan fingerprint density at radius 2 is 1.84 bits per heavy atom. The van der Waals surface area contributed by atoms with Gasteiger partial charge in [0.05, 0.1) is 29.2 Å². The number of benzene rings is 2. The van der Waals surface area contributed by atoms with Gasteiger partial charge < -0.3 is 5.32 Å². The second-order valence-corrected chi connectivity index (χ2v) is 4.94. The van der Waals surface area contributed by atoms with Gasteiger partial charge in [0.15, 0.2) is 0 Å². The molecule has 0 saturated heterocycles. The standard InChI is InChI=1S/C15H12Cl2N2/c16-12-6-7-15(13(17)10-12)19-14(8-9-18)11-4-2-1-3-5-11/h1-7,10,14,19H,8H2. The minimum absolute atomic E-state index is 0.0927. The van der Waals surface area contributed by atoms with Crippen LogP contribution in [-0.4, -0.2) is 0 Å². The van der Waals surface area contributed by atoms with E-state index in [0.717, 1.165) is 11.3 Å². The van der Waals surface area contributed by atoms with Crippen LogP contribution in [0.5, 0.6) is 0 Å². The minimum atomic E-state index is -0.0927. The first kappa shape index (κ1) is 13.7. The molecule has 2 rings (SSSR count). The summed E-state index contributed by atoms with van der Waals surface area (Å²) in [5.74, 6) is 0. The quantitative estimate of drug-likeness (QED) is 0.854. The molecule has 2 nitrogen and oxygen atoms in total. The summed E-state index contributed by atoms with van der Waals surface area (Å²) in [7, 11) is 0. The van der Waals surface area contributed by atoms with E-state index in [9.17, 15) is 0 Å². The third kappa shape index (κ3) is 3.64. The average Bonchev–Trinajstić information content (AvgIpc) is 2.42. The van der Waals surface area contributed by atoms with Gasteiger partial charge in [-0.1, -0.05) is 53.5 Å². The third-order valence-corrected chi connectivity index (χ3v) is 3.31. The molecule has 0 aliphatic heterocycles. The highest BCUT2D eigenvalue weighted by atomic mass is 35.5. The normalized spacial score (nSPS) is 11.6. The fourth-order valence-corrected chi connectivity index (χ4v) is 2.29. The van der Waals surface area contributed by atoms with E-state index in [1.54, 1.807) is 12.1 Å². The Balaban J connectivity index is 2.24. The first-order chi connectivity index (χ1) is 9.20. The smallest absolute Gasteiger partial charge is 0.0652 e. The van der Waals surface area contributed by atoms with Crippen LogP contribution in [0.25, 0.3) is 0 Å². The Morgan fingerprint density at radius 3 is 2.47 bits per heavy atom. The van der Waals surface area contributed by atoms with Crippen molar-refractivity contribution in [1.82, 2.24) is 0 Å². The highest BCUT2D eigenvalue weighted by Crippen LogP contribution is 2.29. The molecule has 0 amide bonds. The molecule has 2 aromatic rings. The van der Waals surface area contributed by atoms with E-state index >= 15 is 0 Å². The molecule has 0 spiro atoms. The maximum Gasteiger partial charge on any atom is 0.0652 e. The molecule has 1 N–H and O–H groups in total. The number of nitriles is 1. The zero-order valence-electron chi connectivity index (χ0n) is 10.1. The predicted molar refractivity (Wildman–Crippen MR) is 79.5 cm³/mol. The fraction of sp³-hybridized carbons (Fsp3) is 0.133. The molecule has 0 bridgehead atoms. The second-order valence-electron chi connectivity index (χ2n) is 4.09. The van der Waals surface area contributed by atoms with Crippen molar-refractivity contribution in [2.24, 2.45) is 0 Å². The van der Waals surface area contributed by atoms with Crippen molar-refractivity contribution in [2.45, 2.75) is 12.5 Å². The van der Waals surface area contributed by atoms with Gasteiger partial charge in [-0.15, -0.1) is 0 Å². The van der Waals surface area contributed by atoms with Gasteiger partial charge in [0.25, 0.3) is 0 Å². The van der Waals surface area contributed by atoms with Crippen molar-refractivity contribution >= 4 is 28.9 Å². The largest absolute Gasteiger partial charge is 0.376 e. The number of halogens is 2. The van der Waals surface area contributed by atoms with E-state index in [2.05, 4.69) is 11.4 Å². The van der Waals surface area contributed by atoms with Gasteiger partial charge in [-0.05, 0) is 23.8 Å². The van der Waals surface area contributed by atoms with Crippen LogP contribution in [0.1, 0.15) is 18.0 Å².